The smallest absolute Gasteiger partial charge is 0.119 e. The Bertz CT molecular complexity index is 404. The number of hydrogen-bond acceptors (Lipinski definition) is 3. The number of ether oxygens (including phenoxy) is 1. The van der Waals surface area contributed by atoms with Crippen molar-refractivity contribution in [1.82, 2.24) is 5.32 Å². The van der Waals surface area contributed by atoms with Gasteiger partial charge in [0.2, 0.25) is 0 Å². The van der Waals surface area contributed by atoms with Crippen LogP contribution in [0, 0.1) is 0 Å². The average Bonchev–Trinajstić information content (AvgIpc) is 2.35. The number of methoxy groups -OCH3 is 1. The number of hydrogen-bond donors (Lipinski definition) is 1. The molecule has 0 aliphatic rings. The first-order chi connectivity index (χ1) is 8.81. The molecular weight excluding hydrogens is 236 g/mol. The third-order valence-corrected chi connectivity index (χ3v) is 2.84. The van der Waals surface area contributed by atoms with Crippen LogP contribution in [-0.4, -0.2) is 32.8 Å². The molecule has 0 aliphatic carbocycles. The largest absolute Gasteiger partial charge is 0.497 e. The van der Waals surface area contributed by atoms with Gasteiger partial charge in [0.15, 0.2) is 0 Å². The van der Waals surface area contributed by atoms with Crippen molar-refractivity contribution in [3.63, 3.8) is 0 Å². The lowest BCUT2D eigenvalue weighted by molar-refractivity contribution is 0.415. The molecule has 1 rings (SSSR count). The van der Waals surface area contributed by atoms with Crippen molar-refractivity contribution in [3.8, 4) is 5.75 Å². The molecule has 106 valence electrons. The molecule has 0 heterocycles. The first-order valence-corrected chi connectivity index (χ1v) is 6.59. The minimum atomic E-state index is 0.127. The molecule has 19 heavy (non-hydrogen) atoms. The van der Waals surface area contributed by atoms with Crippen LogP contribution in [-0.2, 0) is 0 Å². The number of benzene rings is 1. The summed E-state index contributed by atoms with van der Waals surface area (Å²) in [5.74, 6) is 0.880. The Morgan fingerprint density at radius 3 is 2.32 bits per heavy atom. The summed E-state index contributed by atoms with van der Waals surface area (Å²) >= 11 is 0. The van der Waals surface area contributed by atoms with E-state index in [4.69, 9.17) is 4.74 Å². The molecule has 0 radical (unpaired) electrons. The predicted molar refractivity (Wildman–Crippen MR) is 83.2 cm³/mol. The first kappa shape index (κ1) is 15.6. The quantitative estimate of drug-likeness (QED) is 0.797. The minimum absolute atomic E-state index is 0.127. The highest BCUT2D eigenvalue weighted by Gasteiger charge is 2.10. The summed E-state index contributed by atoms with van der Waals surface area (Å²) in [5.41, 5.74) is 2.47. The SMILES string of the molecule is C=C(CNC(C)(C)C)CN(C)c1ccc(OC)cc1. The Morgan fingerprint density at radius 1 is 1.26 bits per heavy atom. The molecule has 0 fully saturated rings. The molecule has 0 aliphatic heterocycles. The van der Waals surface area contributed by atoms with Crippen molar-refractivity contribution < 1.29 is 4.74 Å². The molecule has 3 nitrogen and oxygen atoms in total. The summed E-state index contributed by atoms with van der Waals surface area (Å²) in [6, 6.07) is 8.07. The molecule has 1 aromatic carbocycles. The maximum atomic E-state index is 5.16. The number of rotatable bonds is 6. The Kier molecular flexibility index (Phi) is 5.43. The maximum Gasteiger partial charge on any atom is 0.119 e. The zero-order valence-electron chi connectivity index (χ0n) is 12.8. The minimum Gasteiger partial charge on any atom is -0.497 e. The summed E-state index contributed by atoms with van der Waals surface area (Å²) in [5, 5.41) is 3.45. The van der Waals surface area contributed by atoms with Gasteiger partial charge in [-0.2, -0.15) is 0 Å². The molecule has 1 aromatic rings. The van der Waals surface area contributed by atoms with E-state index in [0.29, 0.717) is 0 Å². The Balaban J connectivity index is 2.49. The van der Waals surface area contributed by atoms with E-state index in [2.05, 4.69) is 56.7 Å². The second-order valence-corrected chi connectivity index (χ2v) is 5.91. The van der Waals surface area contributed by atoms with Crippen LogP contribution in [0.3, 0.4) is 0 Å². The fraction of sp³-hybridized carbons (Fsp3) is 0.500. The van der Waals surface area contributed by atoms with Crippen LogP contribution in [0.4, 0.5) is 5.69 Å². The number of nitrogens with zero attached hydrogens (tertiary/aromatic N) is 1. The van der Waals surface area contributed by atoms with Crippen LogP contribution in [0.5, 0.6) is 5.75 Å². The van der Waals surface area contributed by atoms with Crippen LogP contribution in [0.1, 0.15) is 20.8 Å². The lowest BCUT2D eigenvalue weighted by Crippen LogP contribution is -2.38. The summed E-state index contributed by atoms with van der Waals surface area (Å²) in [6.07, 6.45) is 0. The van der Waals surface area contributed by atoms with Crippen LogP contribution < -0.4 is 15.0 Å². The zero-order valence-corrected chi connectivity index (χ0v) is 12.8. The van der Waals surface area contributed by atoms with E-state index in [1.165, 1.54) is 5.57 Å². The van der Waals surface area contributed by atoms with Crippen molar-refractivity contribution in [1.29, 1.82) is 0 Å². The van der Waals surface area contributed by atoms with Gasteiger partial charge in [0.25, 0.3) is 0 Å². The number of anilines is 1. The fourth-order valence-electron chi connectivity index (χ4n) is 1.71. The van der Waals surface area contributed by atoms with Gasteiger partial charge in [-0.05, 0) is 50.6 Å². The van der Waals surface area contributed by atoms with Crippen molar-refractivity contribution in [2.75, 3.05) is 32.1 Å². The van der Waals surface area contributed by atoms with Gasteiger partial charge >= 0.3 is 0 Å². The summed E-state index contributed by atoms with van der Waals surface area (Å²) in [6.45, 7) is 12.3. The molecule has 3 heteroatoms. The van der Waals surface area contributed by atoms with Gasteiger partial charge < -0.3 is 15.0 Å². The molecular formula is C16H26N2O. The third kappa shape index (κ3) is 5.79. The van der Waals surface area contributed by atoms with Crippen LogP contribution in [0.2, 0.25) is 0 Å². The van der Waals surface area contributed by atoms with Gasteiger partial charge in [0.1, 0.15) is 5.75 Å². The van der Waals surface area contributed by atoms with Gasteiger partial charge in [-0.1, -0.05) is 6.58 Å². The van der Waals surface area contributed by atoms with Gasteiger partial charge in [0, 0.05) is 31.4 Å². The summed E-state index contributed by atoms with van der Waals surface area (Å²) in [4.78, 5) is 2.19. The lowest BCUT2D eigenvalue weighted by atomic mass is 10.1. The van der Waals surface area contributed by atoms with Crippen molar-refractivity contribution in [3.05, 3.63) is 36.4 Å². The van der Waals surface area contributed by atoms with E-state index in [-0.39, 0.29) is 5.54 Å². The second kappa shape index (κ2) is 6.62. The summed E-state index contributed by atoms with van der Waals surface area (Å²) in [7, 11) is 3.75. The monoisotopic (exact) mass is 262 g/mol. The van der Waals surface area contributed by atoms with Crippen molar-refractivity contribution >= 4 is 5.69 Å². The van der Waals surface area contributed by atoms with E-state index in [0.717, 1.165) is 24.5 Å². The maximum absolute atomic E-state index is 5.16. The Hall–Kier alpha value is -1.48. The van der Waals surface area contributed by atoms with E-state index < -0.39 is 0 Å². The molecule has 0 unspecified atom stereocenters. The average molecular weight is 262 g/mol. The molecule has 0 aromatic heterocycles. The first-order valence-electron chi connectivity index (χ1n) is 6.59. The van der Waals surface area contributed by atoms with Crippen molar-refractivity contribution in [2.24, 2.45) is 0 Å². The fourth-order valence-corrected chi connectivity index (χ4v) is 1.71. The topological polar surface area (TPSA) is 24.5 Å². The molecule has 0 atom stereocenters. The van der Waals surface area contributed by atoms with E-state index in [9.17, 15) is 0 Å². The number of nitrogens with one attached hydrogen (secondary N) is 1. The molecule has 1 N–H and O–H groups in total. The highest BCUT2D eigenvalue weighted by molar-refractivity contribution is 5.49. The van der Waals surface area contributed by atoms with E-state index in [1.807, 2.05) is 12.1 Å². The zero-order chi connectivity index (χ0) is 14.5. The van der Waals surface area contributed by atoms with Gasteiger partial charge in [0.05, 0.1) is 7.11 Å². The van der Waals surface area contributed by atoms with Gasteiger partial charge in [-0.3, -0.25) is 0 Å². The van der Waals surface area contributed by atoms with Crippen LogP contribution >= 0.6 is 0 Å². The summed E-state index contributed by atoms with van der Waals surface area (Å²) < 4.78 is 5.16. The van der Waals surface area contributed by atoms with Crippen molar-refractivity contribution in [2.45, 2.75) is 26.3 Å². The van der Waals surface area contributed by atoms with E-state index in [1.54, 1.807) is 7.11 Å². The second-order valence-electron chi connectivity index (χ2n) is 5.91. The van der Waals surface area contributed by atoms with Gasteiger partial charge in [-0.25, -0.2) is 0 Å². The Labute approximate surface area is 117 Å². The Morgan fingerprint density at radius 2 is 1.84 bits per heavy atom. The molecule has 0 amide bonds. The third-order valence-electron chi connectivity index (χ3n) is 2.84. The molecule has 0 spiro atoms. The molecule has 0 bridgehead atoms. The highest BCUT2D eigenvalue weighted by atomic mass is 16.5. The normalized spacial score (nSPS) is 11.2. The highest BCUT2D eigenvalue weighted by Crippen LogP contribution is 2.18. The number of likely N-dealkylation sites (N-methyl/N-ethyl adjacent to an activating group) is 1. The molecule has 0 saturated heterocycles. The predicted octanol–water partition coefficient (Wildman–Crippen LogP) is 3.08. The standard InChI is InChI=1S/C16H26N2O/c1-13(11-17-16(2,3)4)12-18(5)14-7-9-15(19-6)10-8-14/h7-10,17H,1,11-12H2,2-6H3. The van der Waals surface area contributed by atoms with Crippen LogP contribution in [0.15, 0.2) is 36.4 Å². The van der Waals surface area contributed by atoms with Crippen LogP contribution in [0.25, 0.3) is 0 Å². The van der Waals surface area contributed by atoms with Gasteiger partial charge in [-0.15, -0.1) is 0 Å². The molecule has 0 saturated carbocycles. The van der Waals surface area contributed by atoms with E-state index >= 15 is 0 Å². The lowest BCUT2D eigenvalue weighted by Gasteiger charge is -2.25.